The molecule has 0 radical (unpaired) electrons. The van der Waals surface area contributed by atoms with Crippen LogP contribution in [-0.4, -0.2) is 12.1 Å². The second kappa shape index (κ2) is 4.98. The molecule has 0 heterocycles. The third kappa shape index (κ3) is 2.69. The van der Waals surface area contributed by atoms with Gasteiger partial charge in [0.1, 0.15) is 0 Å². The second-order valence-electron chi connectivity index (χ2n) is 10.4. The third-order valence-electron chi connectivity index (χ3n) is 7.62. The van der Waals surface area contributed by atoms with E-state index >= 15 is 0 Å². The predicted octanol–water partition coefficient (Wildman–Crippen LogP) is 5.40. The number of nitrogens with one attached hydrogen (secondary N) is 1. The van der Waals surface area contributed by atoms with E-state index in [0.717, 1.165) is 23.9 Å². The molecule has 0 saturated heterocycles. The van der Waals surface area contributed by atoms with Gasteiger partial charge in [-0.1, -0.05) is 41.5 Å². The molecule has 1 heteroatoms. The molecule has 0 aliphatic heterocycles. The maximum absolute atomic E-state index is 4.15. The molecule has 122 valence electrons. The highest BCUT2D eigenvalue weighted by Gasteiger charge is 2.59. The van der Waals surface area contributed by atoms with Crippen LogP contribution in [0, 0.1) is 28.1 Å². The number of hydrogen-bond donors (Lipinski definition) is 1. The van der Waals surface area contributed by atoms with Crippen molar-refractivity contribution in [3.63, 3.8) is 0 Å². The number of rotatable bonds is 2. The Hall–Kier alpha value is -0.0400. The maximum atomic E-state index is 4.15. The van der Waals surface area contributed by atoms with Crippen molar-refractivity contribution in [3.05, 3.63) is 0 Å². The standard InChI is InChI=1S/C20H37N/c1-18(2,3)14-7-9-16(10-8-14)21-17-19(4,5)15-11-12-20(17,6)13-15/h14-17,21H,7-13H2,1-6H3. The van der Waals surface area contributed by atoms with Crippen LogP contribution in [0.25, 0.3) is 0 Å². The first-order chi connectivity index (χ1) is 9.63. The molecule has 3 atom stereocenters. The third-order valence-corrected chi connectivity index (χ3v) is 7.62. The summed E-state index contributed by atoms with van der Waals surface area (Å²) in [6.07, 6.45) is 10.0. The smallest absolute Gasteiger partial charge is 0.0177 e. The Morgan fingerprint density at radius 2 is 1.52 bits per heavy atom. The Balaban J connectivity index is 1.61. The Labute approximate surface area is 132 Å². The van der Waals surface area contributed by atoms with Crippen molar-refractivity contribution in [1.82, 2.24) is 5.32 Å². The molecule has 3 rings (SSSR count). The zero-order chi connectivity index (χ0) is 15.5. The first-order valence-electron chi connectivity index (χ1n) is 9.39. The summed E-state index contributed by atoms with van der Waals surface area (Å²) in [6.45, 7) is 14.9. The summed E-state index contributed by atoms with van der Waals surface area (Å²) in [5, 5.41) is 4.15. The van der Waals surface area contributed by atoms with Crippen LogP contribution in [0.4, 0.5) is 0 Å². The largest absolute Gasteiger partial charge is 0.310 e. The van der Waals surface area contributed by atoms with E-state index in [1.54, 1.807) is 0 Å². The zero-order valence-corrected chi connectivity index (χ0v) is 15.3. The van der Waals surface area contributed by atoms with E-state index in [-0.39, 0.29) is 0 Å². The lowest BCUT2D eigenvalue weighted by atomic mass is 9.67. The molecule has 0 aromatic rings. The van der Waals surface area contributed by atoms with Crippen LogP contribution in [0.5, 0.6) is 0 Å². The van der Waals surface area contributed by atoms with E-state index in [2.05, 4.69) is 46.9 Å². The molecular weight excluding hydrogens is 254 g/mol. The van der Waals surface area contributed by atoms with Crippen molar-refractivity contribution in [3.8, 4) is 0 Å². The van der Waals surface area contributed by atoms with Gasteiger partial charge < -0.3 is 5.32 Å². The van der Waals surface area contributed by atoms with Gasteiger partial charge in [-0.05, 0) is 73.0 Å². The van der Waals surface area contributed by atoms with E-state index < -0.39 is 0 Å². The SMILES string of the molecule is CC(C)(C)C1CCC(NC2C3(C)CCC(C3)C2(C)C)CC1. The summed E-state index contributed by atoms with van der Waals surface area (Å²) in [7, 11) is 0. The lowest BCUT2D eigenvalue weighted by molar-refractivity contribution is 0.0801. The first kappa shape index (κ1) is 15.8. The molecule has 2 bridgehead atoms. The van der Waals surface area contributed by atoms with Crippen molar-refractivity contribution in [1.29, 1.82) is 0 Å². The summed E-state index contributed by atoms with van der Waals surface area (Å²) in [5.41, 5.74) is 1.59. The summed E-state index contributed by atoms with van der Waals surface area (Å²) >= 11 is 0. The van der Waals surface area contributed by atoms with Crippen molar-refractivity contribution in [2.24, 2.45) is 28.1 Å². The van der Waals surface area contributed by atoms with E-state index in [0.29, 0.717) is 16.2 Å². The van der Waals surface area contributed by atoms with Crippen LogP contribution < -0.4 is 5.32 Å². The highest BCUT2D eigenvalue weighted by atomic mass is 15.0. The fraction of sp³-hybridized carbons (Fsp3) is 1.00. The molecule has 1 N–H and O–H groups in total. The molecule has 3 fully saturated rings. The first-order valence-corrected chi connectivity index (χ1v) is 9.39. The van der Waals surface area contributed by atoms with E-state index in [4.69, 9.17) is 0 Å². The Morgan fingerprint density at radius 1 is 0.905 bits per heavy atom. The topological polar surface area (TPSA) is 12.0 Å². The van der Waals surface area contributed by atoms with Gasteiger partial charge in [0.15, 0.2) is 0 Å². The van der Waals surface area contributed by atoms with Gasteiger partial charge in [-0.2, -0.15) is 0 Å². The van der Waals surface area contributed by atoms with Gasteiger partial charge in [0, 0.05) is 12.1 Å². The summed E-state index contributed by atoms with van der Waals surface area (Å²) < 4.78 is 0. The molecule has 21 heavy (non-hydrogen) atoms. The Kier molecular flexibility index (Phi) is 3.76. The van der Waals surface area contributed by atoms with Gasteiger partial charge in [0.2, 0.25) is 0 Å². The van der Waals surface area contributed by atoms with Crippen LogP contribution in [0.15, 0.2) is 0 Å². The van der Waals surface area contributed by atoms with Crippen molar-refractivity contribution in [2.75, 3.05) is 0 Å². The molecule has 0 spiro atoms. The molecule has 0 amide bonds. The number of fused-ring (bicyclic) bond motifs is 2. The lowest BCUT2D eigenvalue weighted by Crippen LogP contribution is -2.54. The van der Waals surface area contributed by atoms with Gasteiger partial charge in [0.05, 0.1) is 0 Å². The van der Waals surface area contributed by atoms with Crippen LogP contribution in [0.1, 0.15) is 86.5 Å². The summed E-state index contributed by atoms with van der Waals surface area (Å²) in [6, 6.07) is 1.53. The maximum Gasteiger partial charge on any atom is 0.0177 e. The van der Waals surface area contributed by atoms with Crippen LogP contribution >= 0.6 is 0 Å². The van der Waals surface area contributed by atoms with E-state index in [1.807, 2.05) is 0 Å². The Bertz CT molecular complexity index is 378. The highest BCUT2D eigenvalue weighted by Crippen LogP contribution is 2.62. The monoisotopic (exact) mass is 291 g/mol. The molecule has 1 nitrogen and oxygen atoms in total. The fourth-order valence-corrected chi connectivity index (χ4v) is 6.08. The molecular formula is C20H37N. The summed E-state index contributed by atoms with van der Waals surface area (Å²) in [4.78, 5) is 0. The Morgan fingerprint density at radius 3 is 2.00 bits per heavy atom. The minimum atomic E-state index is 0.503. The highest BCUT2D eigenvalue weighted by molar-refractivity contribution is 5.12. The molecule has 3 saturated carbocycles. The molecule has 0 aromatic carbocycles. The number of hydrogen-bond acceptors (Lipinski definition) is 1. The fourth-order valence-electron chi connectivity index (χ4n) is 6.08. The quantitative estimate of drug-likeness (QED) is 0.718. The molecule has 0 aromatic heterocycles. The second-order valence-corrected chi connectivity index (χ2v) is 10.4. The summed E-state index contributed by atoms with van der Waals surface area (Å²) in [5.74, 6) is 1.89. The molecule has 3 unspecified atom stereocenters. The van der Waals surface area contributed by atoms with Gasteiger partial charge in [-0.15, -0.1) is 0 Å². The van der Waals surface area contributed by atoms with Crippen LogP contribution in [0.2, 0.25) is 0 Å². The normalized spacial score (nSPS) is 46.0. The van der Waals surface area contributed by atoms with E-state index in [1.165, 1.54) is 44.9 Å². The minimum Gasteiger partial charge on any atom is -0.310 e. The zero-order valence-electron chi connectivity index (χ0n) is 15.3. The lowest BCUT2D eigenvalue weighted by Gasteiger charge is -2.46. The van der Waals surface area contributed by atoms with Crippen molar-refractivity contribution < 1.29 is 0 Å². The average molecular weight is 292 g/mol. The van der Waals surface area contributed by atoms with E-state index in [9.17, 15) is 0 Å². The average Bonchev–Trinajstić information content (AvgIpc) is 2.85. The molecule has 3 aliphatic carbocycles. The van der Waals surface area contributed by atoms with Crippen molar-refractivity contribution >= 4 is 0 Å². The van der Waals surface area contributed by atoms with Crippen LogP contribution in [-0.2, 0) is 0 Å². The van der Waals surface area contributed by atoms with Gasteiger partial charge >= 0.3 is 0 Å². The van der Waals surface area contributed by atoms with Crippen molar-refractivity contribution in [2.45, 2.75) is 98.6 Å². The van der Waals surface area contributed by atoms with Gasteiger partial charge in [-0.3, -0.25) is 0 Å². The predicted molar refractivity (Wildman–Crippen MR) is 91.4 cm³/mol. The molecule has 3 aliphatic rings. The van der Waals surface area contributed by atoms with Gasteiger partial charge in [0.25, 0.3) is 0 Å². The van der Waals surface area contributed by atoms with Crippen LogP contribution in [0.3, 0.4) is 0 Å². The minimum absolute atomic E-state index is 0.503. The van der Waals surface area contributed by atoms with Gasteiger partial charge in [-0.25, -0.2) is 0 Å².